The minimum atomic E-state index is 0.291. The van der Waals surface area contributed by atoms with Crippen LogP contribution in [0, 0.1) is 0 Å². The molecule has 0 saturated heterocycles. The minimum absolute atomic E-state index is 0.291. The molecule has 0 aliphatic carbocycles. The molecule has 126 valence electrons. The second kappa shape index (κ2) is 5.05. The van der Waals surface area contributed by atoms with E-state index in [1.807, 2.05) is 24.3 Å². The molecule has 2 aliphatic rings. The predicted octanol–water partition coefficient (Wildman–Crippen LogP) is 5.12. The Morgan fingerprint density at radius 1 is 0.423 bits per heavy atom. The van der Waals surface area contributed by atoms with Crippen LogP contribution in [0.3, 0.4) is 0 Å². The van der Waals surface area contributed by atoms with Crippen LogP contribution in [0.1, 0.15) is 0 Å². The highest BCUT2D eigenvalue weighted by molar-refractivity contribution is 5.93. The summed E-state index contributed by atoms with van der Waals surface area (Å²) in [6.07, 6.45) is 0. The predicted molar refractivity (Wildman–Crippen MR) is 99.1 cm³/mol. The summed E-state index contributed by atoms with van der Waals surface area (Å²) in [5.41, 5.74) is 2.33. The molecular weight excluding hydrogens is 328 g/mol. The maximum atomic E-state index is 5.50. The van der Waals surface area contributed by atoms with Gasteiger partial charge < -0.3 is 18.9 Å². The van der Waals surface area contributed by atoms with Crippen LogP contribution in [-0.4, -0.2) is 13.6 Å². The maximum Gasteiger partial charge on any atom is 0.231 e. The van der Waals surface area contributed by atoms with Crippen molar-refractivity contribution >= 4 is 21.5 Å². The molecule has 4 nitrogen and oxygen atoms in total. The summed E-state index contributed by atoms with van der Waals surface area (Å²) in [7, 11) is 0. The molecule has 2 aliphatic heterocycles. The molecule has 0 unspecified atom stereocenters. The Bertz CT molecular complexity index is 1100. The van der Waals surface area contributed by atoms with Crippen LogP contribution in [-0.2, 0) is 0 Å². The zero-order valence-electron chi connectivity index (χ0n) is 13.8. The van der Waals surface area contributed by atoms with Crippen molar-refractivity contribution in [3.63, 3.8) is 0 Å². The topological polar surface area (TPSA) is 36.9 Å². The summed E-state index contributed by atoms with van der Waals surface area (Å²) in [6.45, 7) is 0.582. The first kappa shape index (κ1) is 13.8. The Balaban J connectivity index is 1.49. The van der Waals surface area contributed by atoms with Crippen LogP contribution >= 0.6 is 0 Å². The number of hydrogen-bond acceptors (Lipinski definition) is 4. The van der Waals surface area contributed by atoms with Gasteiger partial charge in [0, 0.05) is 0 Å². The molecule has 4 aromatic carbocycles. The van der Waals surface area contributed by atoms with Gasteiger partial charge in [0.05, 0.1) is 0 Å². The summed E-state index contributed by atoms with van der Waals surface area (Å²) < 4.78 is 21.9. The molecule has 0 aromatic heterocycles. The van der Waals surface area contributed by atoms with Crippen molar-refractivity contribution in [3.8, 4) is 34.1 Å². The largest absolute Gasteiger partial charge is 0.454 e. The fourth-order valence-electron chi connectivity index (χ4n) is 3.64. The van der Waals surface area contributed by atoms with Crippen molar-refractivity contribution in [2.24, 2.45) is 0 Å². The SMILES string of the molecule is c1cc2cc3c(cc2cc1-c1ccc2cc4c(cc2c1)OCO4)OCO3. The van der Waals surface area contributed by atoms with Crippen molar-refractivity contribution < 1.29 is 18.9 Å². The average Bonchev–Trinajstić information content (AvgIpc) is 3.31. The number of hydrogen-bond donors (Lipinski definition) is 0. The average molecular weight is 342 g/mol. The molecule has 0 N–H and O–H groups in total. The maximum absolute atomic E-state index is 5.50. The van der Waals surface area contributed by atoms with E-state index in [-0.39, 0.29) is 0 Å². The zero-order valence-corrected chi connectivity index (χ0v) is 13.8. The van der Waals surface area contributed by atoms with E-state index in [9.17, 15) is 0 Å². The standard InChI is InChI=1S/C22H14O4/c1-3-15-7-19-21(25-11-23-19)9-17(15)5-13(1)14-2-4-16-8-20-22(26-12-24-20)10-18(16)6-14/h1-10H,11-12H2. The highest BCUT2D eigenvalue weighted by Crippen LogP contribution is 2.39. The Labute approximate surface area is 149 Å². The second-order valence-corrected chi connectivity index (χ2v) is 6.53. The molecule has 0 spiro atoms. The molecule has 4 heteroatoms. The van der Waals surface area contributed by atoms with E-state index in [1.54, 1.807) is 0 Å². The van der Waals surface area contributed by atoms with E-state index in [0.717, 1.165) is 55.7 Å². The normalized spacial score (nSPS) is 14.3. The van der Waals surface area contributed by atoms with E-state index in [4.69, 9.17) is 18.9 Å². The molecule has 0 fully saturated rings. The van der Waals surface area contributed by atoms with Gasteiger partial charge in [-0.05, 0) is 69.1 Å². The molecule has 4 aromatic rings. The third kappa shape index (κ3) is 2.02. The van der Waals surface area contributed by atoms with Crippen LogP contribution in [0.25, 0.3) is 32.7 Å². The van der Waals surface area contributed by atoms with Crippen LogP contribution in [0.2, 0.25) is 0 Å². The van der Waals surface area contributed by atoms with E-state index in [1.165, 1.54) is 0 Å². The smallest absolute Gasteiger partial charge is 0.231 e. The van der Waals surface area contributed by atoms with Crippen molar-refractivity contribution in [3.05, 3.63) is 60.7 Å². The molecule has 6 rings (SSSR count). The Morgan fingerprint density at radius 3 is 1.23 bits per heavy atom. The lowest BCUT2D eigenvalue weighted by Gasteiger charge is -2.08. The monoisotopic (exact) mass is 342 g/mol. The van der Waals surface area contributed by atoms with Gasteiger partial charge in [0.25, 0.3) is 0 Å². The molecule has 0 bridgehead atoms. The molecular formula is C22H14O4. The van der Waals surface area contributed by atoms with Crippen molar-refractivity contribution in [2.75, 3.05) is 13.6 Å². The van der Waals surface area contributed by atoms with Crippen LogP contribution < -0.4 is 18.9 Å². The molecule has 0 saturated carbocycles. The summed E-state index contributed by atoms with van der Waals surface area (Å²) in [4.78, 5) is 0. The zero-order chi connectivity index (χ0) is 17.1. The van der Waals surface area contributed by atoms with Gasteiger partial charge >= 0.3 is 0 Å². The summed E-state index contributed by atoms with van der Waals surface area (Å²) in [5, 5.41) is 4.55. The van der Waals surface area contributed by atoms with Crippen molar-refractivity contribution in [1.82, 2.24) is 0 Å². The highest BCUT2D eigenvalue weighted by Gasteiger charge is 2.16. The van der Waals surface area contributed by atoms with Crippen molar-refractivity contribution in [2.45, 2.75) is 0 Å². The molecule has 0 amide bonds. The number of benzene rings is 4. The Morgan fingerprint density at radius 2 is 0.808 bits per heavy atom. The molecule has 0 radical (unpaired) electrons. The third-order valence-corrected chi connectivity index (χ3v) is 5.00. The minimum Gasteiger partial charge on any atom is -0.454 e. The van der Waals surface area contributed by atoms with Gasteiger partial charge in [0.2, 0.25) is 13.6 Å². The van der Waals surface area contributed by atoms with E-state index >= 15 is 0 Å². The van der Waals surface area contributed by atoms with Gasteiger partial charge in [-0.25, -0.2) is 0 Å². The molecule has 2 heterocycles. The Hall–Kier alpha value is -3.40. The van der Waals surface area contributed by atoms with Gasteiger partial charge in [0.15, 0.2) is 23.0 Å². The lowest BCUT2D eigenvalue weighted by Crippen LogP contribution is -1.92. The van der Waals surface area contributed by atoms with Crippen LogP contribution in [0.4, 0.5) is 0 Å². The van der Waals surface area contributed by atoms with E-state index < -0.39 is 0 Å². The quantitative estimate of drug-likeness (QED) is 0.481. The lowest BCUT2D eigenvalue weighted by molar-refractivity contribution is 0.173. The fraction of sp³-hybridized carbons (Fsp3) is 0.0909. The number of fused-ring (bicyclic) bond motifs is 4. The summed E-state index contributed by atoms with van der Waals surface area (Å²) >= 11 is 0. The van der Waals surface area contributed by atoms with Crippen LogP contribution in [0.15, 0.2) is 60.7 Å². The van der Waals surface area contributed by atoms with Gasteiger partial charge in [-0.1, -0.05) is 24.3 Å². The first-order valence-corrected chi connectivity index (χ1v) is 8.51. The molecule has 0 atom stereocenters. The third-order valence-electron chi connectivity index (χ3n) is 5.00. The number of ether oxygens (including phenoxy) is 4. The Kier molecular flexibility index (Phi) is 2.69. The highest BCUT2D eigenvalue weighted by atomic mass is 16.7. The first-order valence-electron chi connectivity index (χ1n) is 8.51. The van der Waals surface area contributed by atoms with Gasteiger partial charge in [-0.3, -0.25) is 0 Å². The summed E-state index contributed by atoms with van der Waals surface area (Å²) in [6, 6.07) is 21.0. The second-order valence-electron chi connectivity index (χ2n) is 6.53. The fourth-order valence-corrected chi connectivity index (χ4v) is 3.64. The van der Waals surface area contributed by atoms with Crippen LogP contribution in [0.5, 0.6) is 23.0 Å². The van der Waals surface area contributed by atoms with Crippen molar-refractivity contribution in [1.29, 1.82) is 0 Å². The van der Waals surface area contributed by atoms with E-state index in [0.29, 0.717) is 13.6 Å². The summed E-state index contributed by atoms with van der Waals surface area (Å²) in [5.74, 6) is 3.24. The molecule has 26 heavy (non-hydrogen) atoms. The first-order chi connectivity index (χ1) is 12.8. The number of rotatable bonds is 1. The van der Waals surface area contributed by atoms with E-state index in [2.05, 4.69) is 36.4 Å². The van der Waals surface area contributed by atoms with Gasteiger partial charge in [-0.2, -0.15) is 0 Å². The van der Waals surface area contributed by atoms with Gasteiger partial charge in [-0.15, -0.1) is 0 Å². The lowest BCUT2D eigenvalue weighted by atomic mass is 9.98. The van der Waals surface area contributed by atoms with Gasteiger partial charge in [0.1, 0.15) is 0 Å².